The maximum atomic E-state index is 13.2. The fraction of sp³-hybridized carbons (Fsp3) is 0.278. The van der Waals surface area contributed by atoms with Crippen molar-refractivity contribution in [2.45, 2.75) is 28.8 Å². The quantitative estimate of drug-likeness (QED) is 0.533. The number of carbonyl (C=O) groups is 1. The van der Waals surface area contributed by atoms with Crippen LogP contribution in [0.15, 0.2) is 64.8 Å². The van der Waals surface area contributed by atoms with Crippen molar-refractivity contribution < 1.29 is 4.79 Å². The summed E-state index contributed by atoms with van der Waals surface area (Å²) in [7, 11) is 0. The van der Waals surface area contributed by atoms with Crippen molar-refractivity contribution in [3.63, 3.8) is 0 Å². The summed E-state index contributed by atoms with van der Waals surface area (Å²) in [6.45, 7) is 0. The number of halogens is 2. The monoisotopic (exact) mass is 344 g/mol. The van der Waals surface area contributed by atoms with Crippen molar-refractivity contribution in [1.29, 1.82) is 0 Å². The lowest BCUT2D eigenvalue weighted by molar-refractivity contribution is 0.0849. The van der Waals surface area contributed by atoms with Crippen LogP contribution in [0.1, 0.15) is 33.8 Å². The number of carbonyl (C=O) groups excluding carboxylic acids is 1. The number of aryl methyl sites for hydroxylation is 1. The number of rotatable bonds is 1. The van der Waals surface area contributed by atoms with Crippen LogP contribution in [0.5, 0.6) is 0 Å². The number of alkyl halides is 2. The topological polar surface area (TPSA) is 41.8 Å². The molecule has 3 nitrogen and oxygen atoms in total. The molecule has 2 unspecified atom stereocenters. The third-order valence-corrected chi connectivity index (χ3v) is 5.34. The Morgan fingerprint density at radius 2 is 1.65 bits per heavy atom. The minimum absolute atomic E-state index is 0.0415. The maximum absolute atomic E-state index is 13.2. The molecule has 5 heteroatoms. The molecule has 0 saturated heterocycles. The third-order valence-electron chi connectivity index (χ3n) is 4.75. The molecule has 1 heterocycles. The maximum Gasteiger partial charge on any atom is 0.236 e. The van der Waals surface area contributed by atoms with Gasteiger partial charge in [-0.3, -0.25) is 4.79 Å². The number of benzene rings is 2. The Labute approximate surface area is 144 Å². The Bertz CT molecular complexity index is 804. The van der Waals surface area contributed by atoms with Gasteiger partial charge in [0.05, 0.1) is 5.92 Å². The van der Waals surface area contributed by atoms with Gasteiger partial charge in [0, 0.05) is 5.56 Å². The summed E-state index contributed by atoms with van der Waals surface area (Å²) < 4.78 is -1.43. The van der Waals surface area contributed by atoms with Crippen molar-refractivity contribution in [2.24, 2.45) is 10.2 Å². The molecule has 116 valence electrons. The van der Waals surface area contributed by atoms with Crippen molar-refractivity contribution in [2.75, 3.05) is 0 Å². The number of ketones is 1. The molecule has 2 aromatic carbocycles. The summed E-state index contributed by atoms with van der Waals surface area (Å²) in [5.74, 6) is -0.527. The molecule has 0 aromatic heterocycles. The van der Waals surface area contributed by atoms with Crippen LogP contribution in [-0.2, 0) is 6.42 Å². The van der Waals surface area contributed by atoms with Crippen molar-refractivity contribution in [1.82, 2.24) is 0 Å². The molecule has 2 aromatic rings. The lowest BCUT2D eigenvalue weighted by Gasteiger charge is -2.37. The van der Waals surface area contributed by atoms with Crippen molar-refractivity contribution in [3.8, 4) is 0 Å². The fourth-order valence-electron chi connectivity index (χ4n) is 3.68. The van der Waals surface area contributed by atoms with Gasteiger partial charge in [0.25, 0.3) is 0 Å². The van der Waals surface area contributed by atoms with E-state index < -0.39 is 15.9 Å². The molecule has 4 rings (SSSR count). The minimum atomic E-state index is -1.43. The van der Waals surface area contributed by atoms with Gasteiger partial charge in [-0.1, -0.05) is 77.8 Å². The molecule has 2 atom stereocenters. The van der Waals surface area contributed by atoms with Crippen LogP contribution in [0.25, 0.3) is 0 Å². The second-order valence-corrected chi connectivity index (χ2v) is 7.39. The predicted octanol–water partition coefficient (Wildman–Crippen LogP) is 4.94. The fourth-order valence-corrected chi connectivity index (χ4v) is 4.37. The molecule has 0 radical (unpaired) electrons. The van der Waals surface area contributed by atoms with E-state index >= 15 is 0 Å². The minimum Gasteiger partial charge on any atom is -0.291 e. The summed E-state index contributed by atoms with van der Waals surface area (Å²) in [6.07, 6.45) is 1.32. The largest absolute Gasteiger partial charge is 0.291 e. The zero-order valence-corrected chi connectivity index (χ0v) is 13.8. The van der Waals surface area contributed by atoms with Crippen LogP contribution in [0.3, 0.4) is 0 Å². The molecule has 0 amide bonds. The van der Waals surface area contributed by atoms with E-state index in [4.69, 9.17) is 23.2 Å². The molecular weight excluding hydrogens is 331 g/mol. The van der Waals surface area contributed by atoms with Crippen LogP contribution in [0.2, 0.25) is 0 Å². The molecule has 1 aliphatic carbocycles. The number of fused-ring (bicyclic) bond motifs is 1. The van der Waals surface area contributed by atoms with E-state index in [1.807, 2.05) is 54.6 Å². The first-order valence-corrected chi connectivity index (χ1v) is 8.30. The summed E-state index contributed by atoms with van der Waals surface area (Å²) in [5, 5.41) is 8.39. The van der Waals surface area contributed by atoms with Gasteiger partial charge in [-0.15, -0.1) is 0 Å². The number of azo groups is 1. The molecule has 1 spiro atoms. The van der Waals surface area contributed by atoms with E-state index in [0.717, 1.165) is 17.5 Å². The van der Waals surface area contributed by atoms with Gasteiger partial charge in [0.15, 0.2) is 11.3 Å². The summed E-state index contributed by atoms with van der Waals surface area (Å²) >= 11 is 12.9. The molecule has 0 fully saturated rings. The van der Waals surface area contributed by atoms with E-state index in [1.54, 1.807) is 0 Å². The summed E-state index contributed by atoms with van der Waals surface area (Å²) in [6, 6.07) is 17.2. The molecular formula is C18H14Cl2N2O. The van der Waals surface area contributed by atoms with Crippen LogP contribution >= 0.6 is 23.2 Å². The van der Waals surface area contributed by atoms with E-state index in [9.17, 15) is 4.79 Å². The highest BCUT2D eigenvalue weighted by molar-refractivity contribution is 6.49. The van der Waals surface area contributed by atoms with E-state index in [2.05, 4.69) is 10.2 Å². The summed E-state index contributed by atoms with van der Waals surface area (Å²) in [5.41, 5.74) is 1.62. The highest BCUT2D eigenvalue weighted by atomic mass is 35.5. The second kappa shape index (κ2) is 5.15. The zero-order chi connectivity index (χ0) is 16.1. The Hall–Kier alpha value is -1.71. The van der Waals surface area contributed by atoms with Gasteiger partial charge in [-0.25, -0.2) is 0 Å². The normalized spacial score (nSPS) is 28.1. The third kappa shape index (κ3) is 2.14. The van der Waals surface area contributed by atoms with E-state index in [1.165, 1.54) is 0 Å². The number of hydrogen-bond donors (Lipinski definition) is 0. The first-order valence-electron chi connectivity index (χ1n) is 7.54. The standard InChI is InChI=1S/C18H14Cl2N2O/c19-18(20)15(13-7-2-1-3-8-13)17(21-22-18)11-10-12-6-4-5-9-14(12)16(17)23/h1-9,15H,10-11H2. The first-order chi connectivity index (χ1) is 11.0. The predicted molar refractivity (Wildman–Crippen MR) is 90.3 cm³/mol. The van der Waals surface area contributed by atoms with E-state index in [0.29, 0.717) is 12.0 Å². The first kappa shape index (κ1) is 14.9. The van der Waals surface area contributed by atoms with E-state index in [-0.39, 0.29) is 5.78 Å². The van der Waals surface area contributed by atoms with Crippen LogP contribution in [0, 0.1) is 0 Å². The van der Waals surface area contributed by atoms with Gasteiger partial charge in [0.1, 0.15) is 0 Å². The highest BCUT2D eigenvalue weighted by Gasteiger charge is 2.61. The Balaban J connectivity index is 1.87. The highest BCUT2D eigenvalue weighted by Crippen LogP contribution is 2.56. The second-order valence-electron chi connectivity index (χ2n) is 6.04. The molecule has 0 bridgehead atoms. The van der Waals surface area contributed by atoms with Crippen LogP contribution in [0.4, 0.5) is 0 Å². The van der Waals surface area contributed by atoms with Crippen molar-refractivity contribution >= 4 is 29.0 Å². The van der Waals surface area contributed by atoms with Gasteiger partial charge >= 0.3 is 0 Å². The Kier molecular flexibility index (Phi) is 3.33. The Morgan fingerprint density at radius 3 is 2.43 bits per heavy atom. The lowest BCUT2D eigenvalue weighted by Crippen LogP contribution is -2.47. The number of nitrogens with zero attached hydrogens (tertiary/aromatic N) is 2. The zero-order valence-electron chi connectivity index (χ0n) is 12.2. The summed E-state index contributed by atoms with van der Waals surface area (Å²) in [4.78, 5) is 13.2. The molecule has 0 N–H and O–H groups in total. The lowest BCUT2D eigenvalue weighted by atomic mass is 9.68. The van der Waals surface area contributed by atoms with Gasteiger partial charge < -0.3 is 0 Å². The number of hydrogen-bond acceptors (Lipinski definition) is 3. The van der Waals surface area contributed by atoms with Crippen LogP contribution in [-0.4, -0.2) is 15.8 Å². The average molecular weight is 345 g/mol. The molecule has 2 aliphatic rings. The SMILES string of the molecule is O=C1c2ccccc2CCC12N=NC(Cl)(Cl)C2c1ccccc1. The van der Waals surface area contributed by atoms with Crippen molar-refractivity contribution in [3.05, 3.63) is 71.3 Å². The molecule has 23 heavy (non-hydrogen) atoms. The van der Waals surface area contributed by atoms with Crippen LogP contribution < -0.4 is 0 Å². The van der Waals surface area contributed by atoms with Gasteiger partial charge in [-0.2, -0.15) is 10.2 Å². The number of Topliss-reactive ketones (excluding diaryl/α,β-unsaturated/α-hetero) is 1. The average Bonchev–Trinajstić information content (AvgIpc) is 2.84. The van der Waals surface area contributed by atoms with Gasteiger partial charge in [-0.05, 0) is 24.0 Å². The molecule has 1 aliphatic heterocycles. The van der Waals surface area contributed by atoms with Gasteiger partial charge in [0.2, 0.25) is 4.46 Å². The molecule has 0 saturated carbocycles. The smallest absolute Gasteiger partial charge is 0.236 e. The Morgan fingerprint density at radius 1 is 0.957 bits per heavy atom.